The summed E-state index contributed by atoms with van der Waals surface area (Å²) in [6.07, 6.45) is -4.01. The van der Waals surface area contributed by atoms with Crippen molar-refractivity contribution in [2.75, 3.05) is 5.73 Å². The zero-order chi connectivity index (χ0) is 18.1. The molecule has 1 atom stereocenters. The Hall–Kier alpha value is -1.82. The summed E-state index contributed by atoms with van der Waals surface area (Å²) in [6.45, 7) is 1.81. The average molecular weight is 379 g/mol. The van der Waals surface area contributed by atoms with Crippen LogP contribution in [0.15, 0.2) is 30.3 Å². The van der Waals surface area contributed by atoms with Gasteiger partial charge in [-0.15, -0.1) is 0 Å². The Labute approximate surface area is 141 Å². The predicted molar refractivity (Wildman–Crippen MR) is 86.2 cm³/mol. The molecule has 0 heterocycles. The van der Waals surface area contributed by atoms with E-state index in [1.807, 2.05) is 6.92 Å². The van der Waals surface area contributed by atoms with E-state index in [0.29, 0.717) is 12.0 Å². The summed E-state index contributed by atoms with van der Waals surface area (Å²) < 4.78 is 54.8. The van der Waals surface area contributed by atoms with Gasteiger partial charge < -0.3 is 10.5 Å². The molecule has 0 fully saturated rings. The molecular formula is C15H13ClF3NO3P+. The lowest BCUT2D eigenvalue weighted by atomic mass is 10.1. The maximum Gasteiger partial charge on any atom is 0.548 e. The van der Waals surface area contributed by atoms with Gasteiger partial charge in [-0.05, 0) is 40.8 Å². The van der Waals surface area contributed by atoms with E-state index in [-0.39, 0.29) is 27.5 Å². The molecule has 9 heteroatoms. The number of benzene rings is 2. The molecule has 2 aromatic carbocycles. The van der Waals surface area contributed by atoms with Gasteiger partial charge in [-0.2, -0.15) is 18.1 Å². The van der Waals surface area contributed by atoms with Crippen LogP contribution in [0.3, 0.4) is 0 Å². The Morgan fingerprint density at radius 2 is 1.92 bits per heavy atom. The Kier molecular flexibility index (Phi) is 5.38. The van der Waals surface area contributed by atoms with E-state index in [0.717, 1.165) is 18.2 Å². The van der Waals surface area contributed by atoms with E-state index in [4.69, 9.17) is 22.1 Å². The van der Waals surface area contributed by atoms with Gasteiger partial charge in [-0.3, -0.25) is 0 Å². The van der Waals surface area contributed by atoms with Crippen LogP contribution in [0.1, 0.15) is 18.1 Å². The van der Waals surface area contributed by atoms with Crippen LogP contribution >= 0.6 is 19.6 Å². The molecule has 128 valence electrons. The van der Waals surface area contributed by atoms with Crippen LogP contribution in [0.2, 0.25) is 5.02 Å². The second kappa shape index (κ2) is 6.97. The van der Waals surface area contributed by atoms with Crippen molar-refractivity contribution in [2.24, 2.45) is 0 Å². The van der Waals surface area contributed by atoms with Gasteiger partial charge in [0.15, 0.2) is 0 Å². The van der Waals surface area contributed by atoms with Crippen molar-refractivity contribution < 1.29 is 27.4 Å². The third-order valence-electron chi connectivity index (χ3n) is 3.28. The monoisotopic (exact) mass is 378 g/mol. The smallest absolute Gasteiger partial charge is 0.455 e. The number of hydrogen-bond acceptors (Lipinski definition) is 3. The van der Waals surface area contributed by atoms with Crippen molar-refractivity contribution >= 4 is 30.6 Å². The summed E-state index contributed by atoms with van der Waals surface area (Å²) >= 11 is 5.86. The third-order valence-corrected chi connectivity index (χ3v) is 4.37. The SMILES string of the molecule is CCc1cc(N)c([P+](=O)O)cc1Oc1ccc(C(F)(F)F)cc1Cl. The van der Waals surface area contributed by atoms with Crippen LogP contribution in [-0.4, -0.2) is 4.89 Å². The first-order chi connectivity index (χ1) is 11.1. The number of nitrogens with two attached hydrogens (primary N) is 1. The Balaban J connectivity index is 2.44. The number of rotatable bonds is 4. The summed E-state index contributed by atoms with van der Waals surface area (Å²) in [7, 11) is -2.69. The molecule has 0 saturated carbocycles. The number of anilines is 1. The molecular weight excluding hydrogens is 366 g/mol. The minimum atomic E-state index is -4.51. The second-order valence-electron chi connectivity index (χ2n) is 4.89. The van der Waals surface area contributed by atoms with E-state index in [1.165, 1.54) is 12.1 Å². The van der Waals surface area contributed by atoms with Crippen molar-refractivity contribution in [3.63, 3.8) is 0 Å². The second-order valence-corrected chi connectivity index (χ2v) is 6.33. The van der Waals surface area contributed by atoms with E-state index in [2.05, 4.69) is 0 Å². The highest BCUT2D eigenvalue weighted by Gasteiger charge is 2.31. The van der Waals surface area contributed by atoms with E-state index >= 15 is 0 Å². The average Bonchev–Trinajstić information content (AvgIpc) is 2.49. The molecule has 0 bridgehead atoms. The van der Waals surface area contributed by atoms with Crippen LogP contribution in [0.5, 0.6) is 11.5 Å². The number of aryl methyl sites for hydroxylation is 1. The summed E-state index contributed by atoms with van der Waals surface area (Å²) in [5, 5.41) is -0.237. The molecule has 2 aromatic rings. The van der Waals surface area contributed by atoms with Crippen molar-refractivity contribution in [3.05, 3.63) is 46.5 Å². The zero-order valence-electron chi connectivity index (χ0n) is 12.4. The van der Waals surface area contributed by atoms with E-state index in [1.54, 1.807) is 0 Å². The fourth-order valence-corrected chi connectivity index (χ4v) is 2.78. The van der Waals surface area contributed by atoms with Crippen LogP contribution in [-0.2, 0) is 17.2 Å². The molecule has 0 radical (unpaired) electrons. The van der Waals surface area contributed by atoms with E-state index < -0.39 is 19.8 Å². The standard InChI is InChI=1S/C15H12ClF3NO3P/c1-2-8-5-11(20)14(24(21)22)7-13(8)23-12-4-3-9(6-10(12)16)15(17,18)19/h3-7H,2,20H2,1H3/p+1. The van der Waals surface area contributed by atoms with Gasteiger partial charge in [0.2, 0.25) is 0 Å². The molecule has 2 rings (SSSR count). The topological polar surface area (TPSA) is 72.6 Å². The first-order valence-electron chi connectivity index (χ1n) is 6.76. The molecule has 0 aliphatic rings. The van der Waals surface area contributed by atoms with Crippen LogP contribution in [0, 0.1) is 0 Å². The molecule has 3 N–H and O–H groups in total. The first-order valence-corrected chi connectivity index (χ1v) is 8.35. The molecule has 0 spiro atoms. The molecule has 0 aliphatic carbocycles. The van der Waals surface area contributed by atoms with Crippen LogP contribution < -0.4 is 15.8 Å². The highest BCUT2D eigenvalue weighted by molar-refractivity contribution is 7.47. The largest absolute Gasteiger partial charge is 0.548 e. The fourth-order valence-electron chi connectivity index (χ4n) is 2.05. The molecule has 0 aromatic heterocycles. The molecule has 1 unspecified atom stereocenters. The summed E-state index contributed by atoms with van der Waals surface area (Å²) in [6, 6.07) is 5.48. The normalized spacial score (nSPS) is 12.2. The highest BCUT2D eigenvalue weighted by atomic mass is 35.5. The van der Waals surface area contributed by atoms with Gasteiger partial charge in [0.1, 0.15) is 11.5 Å². The third kappa shape index (κ3) is 3.98. The quantitative estimate of drug-likeness (QED) is 0.599. The van der Waals surface area contributed by atoms with Crippen LogP contribution in [0.4, 0.5) is 18.9 Å². The molecule has 0 aliphatic heterocycles. The lowest BCUT2D eigenvalue weighted by Crippen LogP contribution is -2.08. The molecule has 0 amide bonds. The molecule has 24 heavy (non-hydrogen) atoms. The molecule has 4 nitrogen and oxygen atoms in total. The maximum atomic E-state index is 12.7. The van der Waals surface area contributed by atoms with Gasteiger partial charge in [0.25, 0.3) is 5.30 Å². The maximum absolute atomic E-state index is 12.7. The number of ether oxygens (including phenoxy) is 1. The minimum Gasteiger partial charge on any atom is -0.455 e. The number of halogens is 4. The number of hydrogen-bond donors (Lipinski definition) is 2. The Morgan fingerprint density at radius 3 is 2.42 bits per heavy atom. The minimum absolute atomic E-state index is 0.00301. The lowest BCUT2D eigenvalue weighted by Gasteiger charge is -2.13. The predicted octanol–water partition coefficient (Wildman–Crippen LogP) is 4.66. The van der Waals surface area contributed by atoms with Crippen molar-refractivity contribution in [1.82, 2.24) is 0 Å². The number of alkyl halides is 3. The van der Waals surface area contributed by atoms with Crippen molar-refractivity contribution in [3.8, 4) is 11.5 Å². The lowest BCUT2D eigenvalue weighted by molar-refractivity contribution is -0.137. The molecule has 0 saturated heterocycles. The summed E-state index contributed by atoms with van der Waals surface area (Å²) in [5.74, 6) is 0.212. The Morgan fingerprint density at radius 1 is 1.25 bits per heavy atom. The Bertz CT molecular complexity index is 796. The number of nitrogen functional groups attached to an aromatic ring is 1. The van der Waals surface area contributed by atoms with Gasteiger partial charge >= 0.3 is 14.2 Å². The summed E-state index contributed by atoms with van der Waals surface area (Å²) in [4.78, 5) is 9.26. The van der Waals surface area contributed by atoms with Gasteiger partial charge in [0, 0.05) is 6.07 Å². The van der Waals surface area contributed by atoms with Gasteiger partial charge in [-0.25, -0.2) is 0 Å². The zero-order valence-corrected chi connectivity index (χ0v) is 14.0. The van der Waals surface area contributed by atoms with Gasteiger partial charge in [-0.1, -0.05) is 18.5 Å². The van der Waals surface area contributed by atoms with Gasteiger partial charge in [0.05, 0.1) is 16.3 Å². The highest BCUT2D eigenvalue weighted by Crippen LogP contribution is 2.38. The van der Waals surface area contributed by atoms with Crippen molar-refractivity contribution in [1.29, 1.82) is 0 Å². The van der Waals surface area contributed by atoms with Crippen molar-refractivity contribution in [2.45, 2.75) is 19.5 Å². The summed E-state index contributed by atoms with van der Waals surface area (Å²) in [5.41, 5.74) is 5.58. The fraction of sp³-hybridized carbons (Fsp3) is 0.200. The first kappa shape index (κ1) is 18.5. The van der Waals surface area contributed by atoms with E-state index in [9.17, 15) is 22.6 Å². The van der Waals surface area contributed by atoms with Crippen LogP contribution in [0.25, 0.3) is 0 Å².